The minimum absolute atomic E-state index is 0.0492. The average Bonchev–Trinajstić information content (AvgIpc) is 2.42. The highest BCUT2D eigenvalue weighted by Crippen LogP contribution is 2.27. The number of hydrogen-bond donors (Lipinski definition) is 0. The molecule has 0 aliphatic carbocycles. The van der Waals surface area contributed by atoms with Gasteiger partial charge in [-0.2, -0.15) is 0 Å². The van der Waals surface area contributed by atoms with Crippen molar-refractivity contribution in [3.63, 3.8) is 0 Å². The number of carbonyl (C=O) groups is 1. The molecule has 0 aliphatic heterocycles. The van der Waals surface area contributed by atoms with Crippen LogP contribution in [0.25, 0.3) is 0 Å². The van der Waals surface area contributed by atoms with Crippen LogP contribution in [0.15, 0.2) is 30.3 Å². The quantitative estimate of drug-likeness (QED) is 0.615. The summed E-state index contributed by atoms with van der Waals surface area (Å²) in [5.74, 6) is -2.06. The lowest BCUT2D eigenvalue weighted by atomic mass is 10.0. The number of hydrogen-bond acceptors (Lipinski definition) is 2. The topological polar surface area (TPSA) is 26.3 Å². The van der Waals surface area contributed by atoms with Crippen molar-refractivity contribution in [3.8, 4) is 5.75 Å². The Morgan fingerprint density at radius 2 is 1.70 bits per heavy atom. The lowest BCUT2D eigenvalue weighted by molar-refractivity contribution is 0.103. The van der Waals surface area contributed by atoms with Crippen LogP contribution in [0.1, 0.15) is 15.9 Å². The van der Waals surface area contributed by atoms with E-state index in [2.05, 4.69) is 0 Å². The summed E-state index contributed by atoms with van der Waals surface area (Å²) in [6, 6.07) is 5.81. The summed E-state index contributed by atoms with van der Waals surface area (Å²) in [6.07, 6.45) is 0. The van der Waals surface area contributed by atoms with E-state index in [4.69, 9.17) is 27.9 Å². The SMILES string of the molecule is COc1ccc(C(=O)c2cc(F)c(Cl)cc2F)c(Cl)c1. The first-order chi connectivity index (χ1) is 9.43. The van der Waals surface area contributed by atoms with Crippen LogP contribution in [-0.4, -0.2) is 12.9 Å². The first-order valence-corrected chi connectivity index (χ1v) is 6.22. The molecule has 0 heterocycles. The zero-order chi connectivity index (χ0) is 14.9. The molecule has 0 unspecified atom stereocenters. The maximum absolute atomic E-state index is 13.7. The van der Waals surface area contributed by atoms with E-state index < -0.39 is 23.0 Å². The normalized spacial score (nSPS) is 10.4. The van der Waals surface area contributed by atoms with Crippen LogP contribution in [0.3, 0.4) is 0 Å². The molecule has 0 saturated heterocycles. The summed E-state index contributed by atoms with van der Waals surface area (Å²) in [6.45, 7) is 0. The molecule has 2 rings (SSSR count). The van der Waals surface area contributed by atoms with E-state index in [0.717, 1.165) is 12.1 Å². The maximum Gasteiger partial charge on any atom is 0.197 e. The molecule has 0 aromatic heterocycles. The Kier molecular flexibility index (Phi) is 4.26. The molecule has 0 radical (unpaired) electrons. The third-order valence-corrected chi connectivity index (χ3v) is 3.28. The van der Waals surface area contributed by atoms with Gasteiger partial charge in [0, 0.05) is 5.56 Å². The van der Waals surface area contributed by atoms with Crippen LogP contribution in [0.5, 0.6) is 5.75 Å². The van der Waals surface area contributed by atoms with Crippen molar-refractivity contribution in [1.29, 1.82) is 0 Å². The molecule has 2 nitrogen and oxygen atoms in total. The molecule has 0 spiro atoms. The first-order valence-electron chi connectivity index (χ1n) is 5.47. The van der Waals surface area contributed by atoms with E-state index in [9.17, 15) is 13.6 Å². The van der Waals surface area contributed by atoms with E-state index >= 15 is 0 Å². The zero-order valence-electron chi connectivity index (χ0n) is 10.2. The average molecular weight is 317 g/mol. The Labute approximate surface area is 123 Å². The number of benzene rings is 2. The van der Waals surface area contributed by atoms with Gasteiger partial charge in [-0.3, -0.25) is 4.79 Å². The Bertz CT molecular complexity index is 687. The molecule has 2 aromatic rings. The Morgan fingerprint density at radius 1 is 1.00 bits per heavy atom. The van der Waals surface area contributed by atoms with Crippen molar-refractivity contribution < 1.29 is 18.3 Å². The number of carbonyl (C=O) groups excluding carboxylic acids is 1. The van der Waals surface area contributed by atoms with E-state index in [1.54, 1.807) is 0 Å². The fourth-order valence-corrected chi connectivity index (χ4v) is 2.06. The number of rotatable bonds is 3. The Balaban J connectivity index is 2.49. The van der Waals surface area contributed by atoms with Gasteiger partial charge >= 0.3 is 0 Å². The second-order valence-electron chi connectivity index (χ2n) is 3.92. The predicted octanol–water partition coefficient (Wildman–Crippen LogP) is 4.51. The van der Waals surface area contributed by atoms with Gasteiger partial charge in [-0.1, -0.05) is 23.2 Å². The highest BCUT2D eigenvalue weighted by atomic mass is 35.5. The summed E-state index contributed by atoms with van der Waals surface area (Å²) >= 11 is 11.4. The first kappa shape index (κ1) is 14.8. The summed E-state index contributed by atoms with van der Waals surface area (Å²) in [5.41, 5.74) is -0.382. The Hall–Kier alpha value is -1.65. The Morgan fingerprint density at radius 3 is 2.30 bits per heavy atom. The molecule has 0 amide bonds. The van der Waals surface area contributed by atoms with Crippen LogP contribution in [-0.2, 0) is 0 Å². The predicted molar refractivity (Wildman–Crippen MR) is 72.8 cm³/mol. The van der Waals surface area contributed by atoms with Crippen LogP contribution in [0, 0.1) is 11.6 Å². The third kappa shape index (κ3) is 2.76. The molecule has 20 heavy (non-hydrogen) atoms. The minimum atomic E-state index is -0.909. The van der Waals surface area contributed by atoms with Crippen molar-refractivity contribution in [3.05, 3.63) is 63.1 Å². The zero-order valence-corrected chi connectivity index (χ0v) is 11.7. The third-order valence-electron chi connectivity index (χ3n) is 2.68. The molecule has 104 valence electrons. The lowest BCUT2D eigenvalue weighted by Crippen LogP contribution is -2.06. The summed E-state index contributed by atoms with van der Waals surface area (Å²) in [4.78, 5) is 12.2. The van der Waals surface area contributed by atoms with Crippen molar-refractivity contribution in [1.82, 2.24) is 0 Å². The lowest BCUT2D eigenvalue weighted by Gasteiger charge is -2.07. The summed E-state index contributed by atoms with van der Waals surface area (Å²) in [7, 11) is 1.45. The molecule has 6 heteroatoms. The highest BCUT2D eigenvalue weighted by molar-refractivity contribution is 6.35. The van der Waals surface area contributed by atoms with Gasteiger partial charge in [-0.25, -0.2) is 8.78 Å². The van der Waals surface area contributed by atoms with Gasteiger partial charge < -0.3 is 4.74 Å². The molecular weight excluding hydrogens is 309 g/mol. The largest absolute Gasteiger partial charge is 0.497 e. The van der Waals surface area contributed by atoms with Gasteiger partial charge in [0.15, 0.2) is 5.78 Å². The number of ketones is 1. The fourth-order valence-electron chi connectivity index (χ4n) is 1.65. The maximum atomic E-state index is 13.7. The highest BCUT2D eigenvalue weighted by Gasteiger charge is 2.19. The number of methoxy groups -OCH3 is 1. The van der Waals surface area contributed by atoms with Crippen molar-refractivity contribution in [2.75, 3.05) is 7.11 Å². The van der Waals surface area contributed by atoms with Gasteiger partial charge in [0.1, 0.15) is 17.4 Å². The van der Waals surface area contributed by atoms with E-state index in [1.807, 2.05) is 0 Å². The summed E-state index contributed by atoms with van der Waals surface area (Å²) in [5, 5.41) is -0.302. The molecule has 0 aliphatic rings. The van der Waals surface area contributed by atoms with Crippen LogP contribution >= 0.6 is 23.2 Å². The van der Waals surface area contributed by atoms with Crippen molar-refractivity contribution in [2.45, 2.75) is 0 Å². The monoisotopic (exact) mass is 316 g/mol. The van der Waals surface area contributed by atoms with Crippen LogP contribution in [0.4, 0.5) is 8.78 Å². The van der Waals surface area contributed by atoms with Gasteiger partial charge in [-0.05, 0) is 30.3 Å². The second-order valence-corrected chi connectivity index (χ2v) is 4.74. The fraction of sp³-hybridized carbons (Fsp3) is 0.0714. The molecule has 2 aromatic carbocycles. The number of halogens is 4. The molecule has 0 bridgehead atoms. The van der Waals surface area contributed by atoms with Crippen molar-refractivity contribution >= 4 is 29.0 Å². The molecule has 0 N–H and O–H groups in total. The van der Waals surface area contributed by atoms with Crippen LogP contribution < -0.4 is 4.74 Å². The van der Waals surface area contributed by atoms with Gasteiger partial charge in [0.2, 0.25) is 0 Å². The standard InChI is InChI=1S/C14H8Cl2F2O2/c1-20-7-2-3-8(10(15)4-7)14(19)9-5-13(18)11(16)6-12(9)17/h2-6H,1H3. The van der Waals surface area contributed by atoms with E-state index in [-0.39, 0.29) is 15.6 Å². The number of ether oxygens (including phenoxy) is 1. The smallest absolute Gasteiger partial charge is 0.197 e. The van der Waals surface area contributed by atoms with Crippen LogP contribution in [0.2, 0.25) is 10.0 Å². The minimum Gasteiger partial charge on any atom is -0.497 e. The van der Waals surface area contributed by atoms with Gasteiger partial charge in [-0.15, -0.1) is 0 Å². The van der Waals surface area contributed by atoms with Gasteiger partial charge in [0.05, 0.1) is 22.7 Å². The summed E-state index contributed by atoms with van der Waals surface area (Å²) < 4.78 is 32.0. The van der Waals surface area contributed by atoms with Gasteiger partial charge in [0.25, 0.3) is 0 Å². The molecular formula is C14H8Cl2F2O2. The van der Waals surface area contributed by atoms with E-state index in [1.165, 1.54) is 25.3 Å². The second kappa shape index (κ2) is 5.77. The van der Waals surface area contributed by atoms with Crippen molar-refractivity contribution in [2.24, 2.45) is 0 Å². The van der Waals surface area contributed by atoms with E-state index in [0.29, 0.717) is 5.75 Å². The molecule has 0 fully saturated rings. The molecule has 0 saturated carbocycles. The molecule has 0 atom stereocenters.